The monoisotopic (exact) mass is 211 g/mol. The highest BCUT2D eigenvalue weighted by molar-refractivity contribution is 5.69. The molecule has 86 valence electrons. The van der Waals surface area contributed by atoms with Gasteiger partial charge in [0.2, 0.25) is 0 Å². The van der Waals surface area contributed by atoms with Crippen LogP contribution in [0, 0.1) is 5.41 Å². The van der Waals surface area contributed by atoms with Gasteiger partial charge in [0, 0.05) is 6.54 Å². The maximum atomic E-state index is 10.7. The summed E-state index contributed by atoms with van der Waals surface area (Å²) in [4.78, 5) is 12.8. The molecule has 1 spiro atoms. The number of piperidine rings is 1. The van der Waals surface area contributed by atoms with Crippen LogP contribution in [0.2, 0.25) is 0 Å². The van der Waals surface area contributed by atoms with Gasteiger partial charge in [-0.25, -0.2) is 0 Å². The Kier molecular flexibility index (Phi) is 3.29. The lowest BCUT2D eigenvalue weighted by Gasteiger charge is -2.44. The molecule has 15 heavy (non-hydrogen) atoms. The number of carboxylic acids is 1. The van der Waals surface area contributed by atoms with Crippen LogP contribution in [0.25, 0.3) is 0 Å². The summed E-state index contributed by atoms with van der Waals surface area (Å²) in [5.74, 6) is -0.678. The fraction of sp³-hybridized carbons (Fsp3) is 0.917. The van der Waals surface area contributed by atoms with Crippen molar-refractivity contribution in [1.29, 1.82) is 0 Å². The van der Waals surface area contributed by atoms with Crippen molar-refractivity contribution in [2.24, 2.45) is 5.41 Å². The van der Waals surface area contributed by atoms with Crippen LogP contribution < -0.4 is 0 Å². The van der Waals surface area contributed by atoms with Gasteiger partial charge in [-0.15, -0.1) is 0 Å². The van der Waals surface area contributed by atoms with Gasteiger partial charge in [0.1, 0.15) is 0 Å². The van der Waals surface area contributed by atoms with Crippen molar-refractivity contribution in [3.8, 4) is 0 Å². The average molecular weight is 211 g/mol. The smallest absolute Gasteiger partial charge is 0.317 e. The number of carboxylic acid groups (broad SMARTS) is 1. The van der Waals surface area contributed by atoms with Crippen molar-refractivity contribution in [1.82, 2.24) is 4.90 Å². The van der Waals surface area contributed by atoms with Gasteiger partial charge in [-0.3, -0.25) is 9.69 Å². The Morgan fingerprint density at radius 2 is 1.80 bits per heavy atom. The zero-order chi connectivity index (χ0) is 10.7. The summed E-state index contributed by atoms with van der Waals surface area (Å²) in [7, 11) is 0. The molecule has 3 heteroatoms. The molecule has 1 aliphatic carbocycles. The van der Waals surface area contributed by atoms with Crippen LogP contribution in [-0.4, -0.2) is 35.6 Å². The molecule has 1 saturated heterocycles. The number of hydrogen-bond acceptors (Lipinski definition) is 2. The number of hydrogen-bond donors (Lipinski definition) is 1. The van der Waals surface area contributed by atoms with E-state index < -0.39 is 5.97 Å². The van der Waals surface area contributed by atoms with Gasteiger partial charge >= 0.3 is 5.97 Å². The Bertz CT molecular complexity index is 228. The van der Waals surface area contributed by atoms with Crippen LogP contribution in [-0.2, 0) is 4.79 Å². The van der Waals surface area contributed by atoms with E-state index in [2.05, 4.69) is 4.90 Å². The van der Waals surface area contributed by atoms with Gasteiger partial charge in [-0.1, -0.05) is 19.3 Å². The first-order valence-corrected chi connectivity index (χ1v) is 6.14. The minimum atomic E-state index is -0.678. The van der Waals surface area contributed by atoms with Crippen molar-refractivity contribution in [3.05, 3.63) is 0 Å². The largest absolute Gasteiger partial charge is 0.480 e. The van der Waals surface area contributed by atoms with Crippen molar-refractivity contribution >= 4 is 5.97 Å². The molecule has 1 aliphatic heterocycles. The minimum Gasteiger partial charge on any atom is -0.480 e. The van der Waals surface area contributed by atoms with Crippen LogP contribution in [0.4, 0.5) is 0 Å². The van der Waals surface area contributed by atoms with E-state index in [1.165, 1.54) is 44.9 Å². The molecule has 0 aromatic heterocycles. The van der Waals surface area contributed by atoms with E-state index in [-0.39, 0.29) is 6.54 Å². The third-order valence-electron chi connectivity index (χ3n) is 4.01. The van der Waals surface area contributed by atoms with Crippen molar-refractivity contribution in [2.75, 3.05) is 19.6 Å². The van der Waals surface area contributed by atoms with Crippen LogP contribution in [0.5, 0.6) is 0 Å². The molecule has 2 rings (SSSR count). The second-order valence-electron chi connectivity index (χ2n) is 5.27. The Hall–Kier alpha value is -0.570. The van der Waals surface area contributed by atoms with E-state index in [9.17, 15) is 4.79 Å². The van der Waals surface area contributed by atoms with Crippen molar-refractivity contribution < 1.29 is 9.90 Å². The summed E-state index contributed by atoms with van der Waals surface area (Å²) in [5, 5.41) is 8.81. The maximum absolute atomic E-state index is 10.7. The van der Waals surface area contributed by atoms with Gasteiger partial charge < -0.3 is 5.11 Å². The molecule has 0 atom stereocenters. The van der Waals surface area contributed by atoms with Crippen LogP contribution in [0.3, 0.4) is 0 Å². The number of likely N-dealkylation sites (tertiary alicyclic amines) is 1. The molecule has 0 aromatic rings. The second kappa shape index (κ2) is 4.52. The normalized spacial score (nSPS) is 26.7. The lowest BCUT2D eigenvalue weighted by Crippen LogP contribution is -2.46. The molecule has 1 heterocycles. The maximum Gasteiger partial charge on any atom is 0.317 e. The molecule has 1 saturated carbocycles. The summed E-state index contributed by atoms with van der Waals surface area (Å²) in [6.07, 6.45) is 9.23. The van der Waals surface area contributed by atoms with Gasteiger partial charge in [-0.05, 0) is 37.6 Å². The van der Waals surface area contributed by atoms with Crippen molar-refractivity contribution in [2.45, 2.75) is 44.9 Å². The average Bonchev–Trinajstić information content (AvgIpc) is 2.17. The fourth-order valence-corrected chi connectivity index (χ4v) is 3.35. The molecular formula is C12H21NO2. The summed E-state index contributed by atoms with van der Waals surface area (Å²) >= 11 is 0. The zero-order valence-electron chi connectivity index (χ0n) is 9.37. The summed E-state index contributed by atoms with van der Waals surface area (Å²) in [6.45, 7) is 2.25. The third kappa shape index (κ3) is 2.71. The second-order valence-corrected chi connectivity index (χ2v) is 5.27. The van der Waals surface area contributed by atoms with Crippen LogP contribution >= 0.6 is 0 Å². The highest BCUT2D eigenvalue weighted by Crippen LogP contribution is 2.42. The van der Waals surface area contributed by atoms with Gasteiger partial charge in [-0.2, -0.15) is 0 Å². The predicted octanol–water partition coefficient (Wildman–Crippen LogP) is 2.12. The van der Waals surface area contributed by atoms with E-state index in [1.807, 2.05) is 0 Å². The van der Waals surface area contributed by atoms with E-state index in [1.54, 1.807) is 0 Å². The quantitative estimate of drug-likeness (QED) is 0.760. The zero-order valence-corrected chi connectivity index (χ0v) is 9.37. The molecule has 2 aliphatic rings. The first kappa shape index (κ1) is 10.9. The van der Waals surface area contributed by atoms with E-state index >= 15 is 0 Å². The first-order valence-electron chi connectivity index (χ1n) is 6.14. The topological polar surface area (TPSA) is 40.5 Å². The predicted molar refractivity (Wildman–Crippen MR) is 58.8 cm³/mol. The third-order valence-corrected chi connectivity index (χ3v) is 4.01. The highest BCUT2D eigenvalue weighted by Gasteiger charge is 2.36. The molecule has 2 fully saturated rings. The molecule has 3 nitrogen and oxygen atoms in total. The Morgan fingerprint density at radius 3 is 2.47 bits per heavy atom. The minimum absolute atomic E-state index is 0.238. The fourth-order valence-electron chi connectivity index (χ4n) is 3.35. The molecule has 0 amide bonds. The summed E-state index contributed by atoms with van der Waals surface area (Å²) < 4.78 is 0. The number of carbonyl (C=O) groups is 1. The lowest BCUT2D eigenvalue weighted by molar-refractivity contribution is -0.139. The molecule has 0 bridgehead atoms. The first-order chi connectivity index (χ1) is 7.20. The SMILES string of the molecule is O=C(O)CN1CCCC2(CCCCC2)C1. The van der Waals surface area contributed by atoms with Crippen LogP contribution in [0.1, 0.15) is 44.9 Å². The van der Waals surface area contributed by atoms with Gasteiger partial charge in [0.25, 0.3) is 0 Å². The Morgan fingerprint density at radius 1 is 1.13 bits per heavy atom. The molecule has 0 aromatic carbocycles. The van der Waals surface area contributed by atoms with Gasteiger partial charge in [0.05, 0.1) is 6.54 Å². The molecule has 1 N–H and O–H groups in total. The summed E-state index contributed by atoms with van der Waals surface area (Å²) in [5.41, 5.74) is 0.478. The standard InChI is InChI=1S/C12H21NO2/c14-11(15)9-13-8-4-7-12(10-13)5-2-1-3-6-12/h1-10H2,(H,14,15). The number of aliphatic carboxylic acids is 1. The number of nitrogens with zero attached hydrogens (tertiary/aromatic N) is 1. The summed E-state index contributed by atoms with van der Waals surface area (Å²) in [6, 6.07) is 0. The van der Waals surface area contributed by atoms with E-state index in [4.69, 9.17) is 5.11 Å². The van der Waals surface area contributed by atoms with Gasteiger partial charge in [0.15, 0.2) is 0 Å². The molecule has 0 unspecified atom stereocenters. The van der Waals surface area contributed by atoms with E-state index in [0.717, 1.165) is 13.1 Å². The highest BCUT2D eigenvalue weighted by atomic mass is 16.4. The van der Waals surface area contributed by atoms with E-state index in [0.29, 0.717) is 5.41 Å². The van der Waals surface area contributed by atoms with Crippen molar-refractivity contribution in [3.63, 3.8) is 0 Å². The van der Waals surface area contributed by atoms with Crippen LogP contribution in [0.15, 0.2) is 0 Å². The Balaban J connectivity index is 1.93. The molecular weight excluding hydrogens is 190 g/mol. The molecule has 0 radical (unpaired) electrons. The Labute approximate surface area is 91.5 Å². The lowest BCUT2D eigenvalue weighted by atomic mass is 9.69. The number of rotatable bonds is 2.